The van der Waals surface area contributed by atoms with Gasteiger partial charge in [0.25, 0.3) is 0 Å². The summed E-state index contributed by atoms with van der Waals surface area (Å²) >= 11 is 1.36. The van der Waals surface area contributed by atoms with Crippen molar-refractivity contribution in [3.05, 3.63) is 35.8 Å². The third-order valence-corrected chi connectivity index (χ3v) is 2.73. The normalized spacial score (nSPS) is 10.4. The summed E-state index contributed by atoms with van der Waals surface area (Å²) in [5, 5.41) is 0.502. The highest BCUT2D eigenvalue weighted by atomic mass is 32.1. The lowest BCUT2D eigenvalue weighted by molar-refractivity contribution is 0.627. The summed E-state index contributed by atoms with van der Waals surface area (Å²) in [5.41, 5.74) is 7.23. The SMILES string of the molecule is Cc1cc(F)cc(-c2cnc(N)s2)c1. The number of hydrogen-bond acceptors (Lipinski definition) is 3. The topological polar surface area (TPSA) is 38.9 Å². The molecule has 2 rings (SSSR count). The Kier molecular flexibility index (Phi) is 2.21. The molecule has 0 aliphatic heterocycles. The van der Waals surface area contributed by atoms with Gasteiger partial charge < -0.3 is 5.73 Å². The molecular weight excluding hydrogens is 199 g/mol. The molecule has 0 saturated heterocycles. The number of halogens is 1. The van der Waals surface area contributed by atoms with Crippen molar-refractivity contribution in [1.29, 1.82) is 0 Å². The lowest BCUT2D eigenvalue weighted by Gasteiger charge is -1.99. The fourth-order valence-electron chi connectivity index (χ4n) is 1.30. The van der Waals surface area contributed by atoms with Crippen molar-refractivity contribution in [2.75, 3.05) is 5.73 Å². The van der Waals surface area contributed by atoms with E-state index >= 15 is 0 Å². The molecule has 0 fully saturated rings. The molecule has 0 spiro atoms. The minimum absolute atomic E-state index is 0.230. The lowest BCUT2D eigenvalue weighted by atomic mass is 10.1. The molecule has 0 bridgehead atoms. The molecule has 14 heavy (non-hydrogen) atoms. The molecule has 0 saturated carbocycles. The molecule has 1 aromatic carbocycles. The number of aryl methyl sites for hydroxylation is 1. The van der Waals surface area contributed by atoms with Crippen molar-refractivity contribution < 1.29 is 4.39 Å². The summed E-state index contributed by atoms with van der Waals surface area (Å²) in [5.74, 6) is -0.230. The average molecular weight is 208 g/mol. The third-order valence-electron chi connectivity index (χ3n) is 1.85. The van der Waals surface area contributed by atoms with E-state index in [-0.39, 0.29) is 5.82 Å². The Balaban J connectivity index is 2.51. The van der Waals surface area contributed by atoms with Crippen molar-refractivity contribution in [3.63, 3.8) is 0 Å². The first-order chi connectivity index (χ1) is 6.65. The van der Waals surface area contributed by atoms with Gasteiger partial charge in [-0.15, -0.1) is 0 Å². The zero-order valence-electron chi connectivity index (χ0n) is 7.62. The van der Waals surface area contributed by atoms with Gasteiger partial charge in [-0.1, -0.05) is 17.4 Å². The van der Waals surface area contributed by atoms with Crippen LogP contribution < -0.4 is 5.73 Å². The standard InChI is InChI=1S/C10H9FN2S/c1-6-2-7(4-8(11)3-6)9-5-13-10(12)14-9/h2-5H,1H3,(H2,12,13). The van der Waals surface area contributed by atoms with Crippen LogP contribution in [0.15, 0.2) is 24.4 Å². The quantitative estimate of drug-likeness (QED) is 0.782. The summed E-state index contributed by atoms with van der Waals surface area (Å²) in [6, 6.07) is 4.89. The van der Waals surface area contributed by atoms with Crippen LogP contribution in [0, 0.1) is 12.7 Å². The van der Waals surface area contributed by atoms with Crippen LogP contribution in [0.1, 0.15) is 5.56 Å². The largest absolute Gasteiger partial charge is 0.375 e. The smallest absolute Gasteiger partial charge is 0.180 e. The first kappa shape index (κ1) is 9.15. The van der Waals surface area contributed by atoms with E-state index in [0.29, 0.717) is 5.13 Å². The van der Waals surface area contributed by atoms with Gasteiger partial charge in [0.1, 0.15) is 5.82 Å². The van der Waals surface area contributed by atoms with Gasteiger partial charge in [-0.05, 0) is 30.2 Å². The van der Waals surface area contributed by atoms with Gasteiger partial charge in [-0.25, -0.2) is 9.37 Å². The van der Waals surface area contributed by atoms with E-state index in [0.717, 1.165) is 16.0 Å². The molecule has 2 aromatic rings. The third kappa shape index (κ3) is 1.75. The number of nitrogen functional groups attached to an aromatic ring is 1. The van der Waals surface area contributed by atoms with E-state index in [9.17, 15) is 4.39 Å². The predicted octanol–water partition coefficient (Wildman–Crippen LogP) is 2.84. The number of hydrogen-bond donors (Lipinski definition) is 1. The second-order valence-electron chi connectivity index (χ2n) is 3.08. The second-order valence-corrected chi connectivity index (χ2v) is 4.14. The highest BCUT2D eigenvalue weighted by molar-refractivity contribution is 7.18. The van der Waals surface area contributed by atoms with Crippen LogP contribution in [-0.2, 0) is 0 Å². The minimum Gasteiger partial charge on any atom is -0.375 e. The van der Waals surface area contributed by atoms with Gasteiger partial charge >= 0.3 is 0 Å². The van der Waals surface area contributed by atoms with Gasteiger partial charge in [-0.2, -0.15) is 0 Å². The molecule has 0 atom stereocenters. The summed E-state index contributed by atoms with van der Waals surface area (Å²) in [6.45, 7) is 1.86. The summed E-state index contributed by atoms with van der Waals surface area (Å²) in [7, 11) is 0. The maximum absolute atomic E-state index is 13.1. The molecule has 0 aliphatic rings. The average Bonchev–Trinajstić information content (AvgIpc) is 2.50. The zero-order valence-corrected chi connectivity index (χ0v) is 8.44. The monoisotopic (exact) mass is 208 g/mol. The van der Waals surface area contributed by atoms with Crippen LogP contribution in [0.2, 0.25) is 0 Å². The van der Waals surface area contributed by atoms with Gasteiger partial charge in [0.2, 0.25) is 0 Å². The molecule has 2 nitrogen and oxygen atoms in total. The van der Waals surface area contributed by atoms with Crippen LogP contribution in [-0.4, -0.2) is 4.98 Å². The van der Waals surface area contributed by atoms with Gasteiger partial charge in [-0.3, -0.25) is 0 Å². The zero-order chi connectivity index (χ0) is 10.1. The van der Waals surface area contributed by atoms with Crippen molar-refractivity contribution in [2.45, 2.75) is 6.92 Å². The molecule has 1 heterocycles. The van der Waals surface area contributed by atoms with Crippen LogP contribution >= 0.6 is 11.3 Å². The van der Waals surface area contributed by atoms with E-state index in [4.69, 9.17) is 5.73 Å². The number of nitrogens with zero attached hydrogens (tertiary/aromatic N) is 1. The molecule has 0 unspecified atom stereocenters. The fourth-order valence-corrected chi connectivity index (χ4v) is 1.97. The fraction of sp³-hybridized carbons (Fsp3) is 0.100. The van der Waals surface area contributed by atoms with Crippen molar-refractivity contribution >= 4 is 16.5 Å². The Labute approximate surface area is 85.2 Å². The van der Waals surface area contributed by atoms with Crippen molar-refractivity contribution in [1.82, 2.24) is 4.98 Å². The van der Waals surface area contributed by atoms with Crippen LogP contribution in [0.3, 0.4) is 0 Å². The maximum Gasteiger partial charge on any atom is 0.180 e. The Morgan fingerprint density at radius 1 is 1.36 bits per heavy atom. The summed E-state index contributed by atoms with van der Waals surface area (Å²) < 4.78 is 13.1. The molecule has 0 radical (unpaired) electrons. The molecule has 0 aliphatic carbocycles. The molecule has 0 amide bonds. The minimum atomic E-state index is -0.230. The van der Waals surface area contributed by atoms with Crippen LogP contribution in [0.4, 0.5) is 9.52 Å². The van der Waals surface area contributed by atoms with Crippen LogP contribution in [0.5, 0.6) is 0 Å². The van der Waals surface area contributed by atoms with Gasteiger partial charge in [0.15, 0.2) is 5.13 Å². The number of anilines is 1. The lowest BCUT2D eigenvalue weighted by Crippen LogP contribution is -1.80. The van der Waals surface area contributed by atoms with E-state index in [1.807, 2.05) is 13.0 Å². The molecular formula is C10H9FN2S. The molecule has 72 valence electrons. The molecule has 1 aromatic heterocycles. The molecule has 4 heteroatoms. The number of nitrogens with two attached hydrogens (primary N) is 1. The first-order valence-corrected chi connectivity index (χ1v) is 4.95. The Bertz CT molecular complexity index is 445. The Morgan fingerprint density at radius 3 is 2.71 bits per heavy atom. The number of thiazole rings is 1. The van der Waals surface area contributed by atoms with Crippen molar-refractivity contribution in [3.8, 4) is 10.4 Å². The predicted molar refractivity (Wildman–Crippen MR) is 56.7 cm³/mol. The number of rotatable bonds is 1. The van der Waals surface area contributed by atoms with Crippen molar-refractivity contribution in [2.24, 2.45) is 0 Å². The Hall–Kier alpha value is -1.42. The number of aromatic nitrogens is 1. The van der Waals surface area contributed by atoms with E-state index in [2.05, 4.69) is 4.98 Å². The van der Waals surface area contributed by atoms with Gasteiger partial charge in [0, 0.05) is 6.20 Å². The Morgan fingerprint density at radius 2 is 2.14 bits per heavy atom. The van der Waals surface area contributed by atoms with E-state index < -0.39 is 0 Å². The second kappa shape index (κ2) is 3.38. The summed E-state index contributed by atoms with van der Waals surface area (Å²) in [4.78, 5) is 4.82. The van der Waals surface area contributed by atoms with E-state index in [1.54, 1.807) is 6.20 Å². The maximum atomic E-state index is 13.1. The van der Waals surface area contributed by atoms with Crippen LogP contribution in [0.25, 0.3) is 10.4 Å². The number of benzene rings is 1. The highest BCUT2D eigenvalue weighted by Crippen LogP contribution is 2.28. The molecule has 2 N–H and O–H groups in total. The highest BCUT2D eigenvalue weighted by Gasteiger charge is 2.04. The van der Waals surface area contributed by atoms with E-state index in [1.165, 1.54) is 23.5 Å². The first-order valence-electron chi connectivity index (χ1n) is 4.14. The summed E-state index contributed by atoms with van der Waals surface area (Å²) in [6.07, 6.45) is 1.66. The van der Waals surface area contributed by atoms with Gasteiger partial charge in [0.05, 0.1) is 4.88 Å².